The highest BCUT2D eigenvalue weighted by molar-refractivity contribution is 5.97. The molecule has 2 unspecified atom stereocenters. The third-order valence-corrected chi connectivity index (χ3v) is 4.40. The molecule has 0 spiro atoms. The number of carbonyl (C=O) groups excluding carboxylic acids is 2. The van der Waals surface area contributed by atoms with E-state index in [1.165, 1.54) is 12.8 Å². The van der Waals surface area contributed by atoms with Gasteiger partial charge in [0.05, 0.1) is 0 Å². The maximum atomic E-state index is 12.7. The topological polar surface area (TPSA) is 49.4 Å². The Balaban J connectivity index is 2.29. The third-order valence-electron chi connectivity index (χ3n) is 4.40. The summed E-state index contributed by atoms with van der Waals surface area (Å²) in [6.45, 7) is 8.03. The van der Waals surface area contributed by atoms with Crippen molar-refractivity contribution in [3.63, 3.8) is 0 Å². The Bertz CT molecular complexity index is 359. The van der Waals surface area contributed by atoms with Crippen LogP contribution in [0.25, 0.3) is 0 Å². The zero-order valence-corrected chi connectivity index (χ0v) is 12.5. The summed E-state index contributed by atoms with van der Waals surface area (Å²) in [5.74, 6) is 0.464. The van der Waals surface area contributed by atoms with Crippen molar-refractivity contribution in [3.05, 3.63) is 0 Å². The van der Waals surface area contributed by atoms with E-state index in [4.69, 9.17) is 0 Å². The Morgan fingerprint density at radius 3 is 2.11 bits per heavy atom. The fraction of sp³-hybridized carbons (Fsp3) is 0.867. The quantitative estimate of drug-likeness (QED) is 0.848. The third kappa shape index (κ3) is 2.63. The first kappa shape index (κ1) is 14.4. The summed E-state index contributed by atoms with van der Waals surface area (Å²) in [5.41, 5.74) is 0. The van der Waals surface area contributed by atoms with Gasteiger partial charge in [-0.2, -0.15) is 0 Å². The first-order chi connectivity index (χ1) is 8.93. The largest absolute Gasteiger partial charge is 0.342 e. The molecular formula is C15H26N2O2. The normalized spacial score (nSPS) is 29.5. The van der Waals surface area contributed by atoms with E-state index >= 15 is 0 Å². The summed E-state index contributed by atoms with van der Waals surface area (Å²) < 4.78 is 0. The Morgan fingerprint density at radius 1 is 1.05 bits per heavy atom. The molecule has 2 fully saturated rings. The van der Waals surface area contributed by atoms with E-state index in [9.17, 15) is 9.59 Å². The molecule has 1 aliphatic carbocycles. The Kier molecular flexibility index (Phi) is 4.16. The van der Waals surface area contributed by atoms with Crippen molar-refractivity contribution >= 4 is 11.8 Å². The highest BCUT2D eigenvalue weighted by atomic mass is 16.2. The van der Waals surface area contributed by atoms with Crippen LogP contribution in [0.1, 0.15) is 53.4 Å². The second-order valence-electron chi connectivity index (χ2n) is 6.60. The standard InChI is InChI=1S/C15H26N2O2/c1-9(2)12-15(19)17(11-7-5-6-8-11)13(10(3)4)14(18)16-12/h9-13H,5-8H2,1-4H3,(H,16,18). The number of carbonyl (C=O) groups is 2. The van der Waals surface area contributed by atoms with Crippen LogP contribution in [0.2, 0.25) is 0 Å². The van der Waals surface area contributed by atoms with E-state index in [1.807, 2.05) is 32.6 Å². The van der Waals surface area contributed by atoms with Crippen molar-refractivity contribution in [2.24, 2.45) is 11.8 Å². The Labute approximate surface area is 115 Å². The summed E-state index contributed by atoms with van der Waals surface area (Å²) >= 11 is 0. The molecule has 2 amide bonds. The van der Waals surface area contributed by atoms with Crippen molar-refractivity contribution in [1.82, 2.24) is 10.2 Å². The number of hydrogen-bond donors (Lipinski definition) is 1. The SMILES string of the molecule is CC(C)C1NC(=O)C(C(C)C)N(C2CCCC2)C1=O. The first-order valence-corrected chi connectivity index (χ1v) is 7.56. The summed E-state index contributed by atoms with van der Waals surface area (Å²) in [4.78, 5) is 27.0. The number of amides is 2. The minimum Gasteiger partial charge on any atom is -0.342 e. The Hall–Kier alpha value is -1.06. The van der Waals surface area contributed by atoms with Crippen molar-refractivity contribution in [3.8, 4) is 0 Å². The van der Waals surface area contributed by atoms with E-state index in [1.54, 1.807) is 0 Å². The van der Waals surface area contributed by atoms with E-state index in [-0.39, 0.29) is 41.8 Å². The summed E-state index contributed by atoms with van der Waals surface area (Å²) in [6, 6.07) is -0.360. The molecule has 1 N–H and O–H groups in total. The lowest BCUT2D eigenvalue weighted by Gasteiger charge is -2.45. The van der Waals surface area contributed by atoms with Gasteiger partial charge in [-0.1, -0.05) is 40.5 Å². The van der Waals surface area contributed by atoms with Gasteiger partial charge in [-0.05, 0) is 24.7 Å². The zero-order valence-electron chi connectivity index (χ0n) is 12.5. The average molecular weight is 266 g/mol. The van der Waals surface area contributed by atoms with Gasteiger partial charge in [0.25, 0.3) is 0 Å². The van der Waals surface area contributed by atoms with E-state index in [2.05, 4.69) is 5.32 Å². The number of rotatable bonds is 3. The van der Waals surface area contributed by atoms with Gasteiger partial charge in [0.2, 0.25) is 11.8 Å². The lowest BCUT2D eigenvalue weighted by molar-refractivity contribution is -0.155. The van der Waals surface area contributed by atoms with Gasteiger partial charge in [0, 0.05) is 6.04 Å². The van der Waals surface area contributed by atoms with Crippen LogP contribution < -0.4 is 5.32 Å². The molecule has 1 saturated carbocycles. The second-order valence-corrected chi connectivity index (χ2v) is 6.60. The predicted octanol–water partition coefficient (Wildman–Crippen LogP) is 1.94. The van der Waals surface area contributed by atoms with Crippen LogP contribution in [0.3, 0.4) is 0 Å². The van der Waals surface area contributed by atoms with Crippen LogP contribution >= 0.6 is 0 Å². The van der Waals surface area contributed by atoms with E-state index in [0.717, 1.165) is 12.8 Å². The Morgan fingerprint density at radius 2 is 1.63 bits per heavy atom. The maximum absolute atomic E-state index is 12.7. The van der Waals surface area contributed by atoms with Gasteiger partial charge in [0.1, 0.15) is 12.1 Å². The average Bonchev–Trinajstić information content (AvgIpc) is 2.83. The maximum Gasteiger partial charge on any atom is 0.246 e. The zero-order chi connectivity index (χ0) is 14.2. The molecule has 0 bridgehead atoms. The molecule has 2 aliphatic rings. The molecule has 0 radical (unpaired) electrons. The van der Waals surface area contributed by atoms with Crippen LogP contribution in [0.4, 0.5) is 0 Å². The van der Waals surface area contributed by atoms with Gasteiger partial charge in [-0.25, -0.2) is 0 Å². The van der Waals surface area contributed by atoms with Gasteiger partial charge < -0.3 is 10.2 Å². The molecule has 1 saturated heterocycles. The molecular weight excluding hydrogens is 240 g/mol. The fourth-order valence-electron chi connectivity index (χ4n) is 3.39. The highest BCUT2D eigenvalue weighted by Crippen LogP contribution is 2.30. The van der Waals surface area contributed by atoms with Gasteiger partial charge in [-0.3, -0.25) is 9.59 Å². The van der Waals surface area contributed by atoms with Crippen molar-refractivity contribution in [2.75, 3.05) is 0 Å². The van der Waals surface area contributed by atoms with Gasteiger partial charge in [-0.15, -0.1) is 0 Å². The molecule has 1 aliphatic heterocycles. The fourth-order valence-corrected chi connectivity index (χ4v) is 3.39. The monoisotopic (exact) mass is 266 g/mol. The summed E-state index contributed by atoms with van der Waals surface area (Å²) in [5, 5.41) is 2.92. The molecule has 2 atom stereocenters. The van der Waals surface area contributed by atoms with Crippen molar-refractivity contribution in [1.29, 1.82) is 0 Å². The molecule has 1 heterocycles. The van der Waals surface area contributed by atoms with Crippen LogP contribution in [0.5, 0.6) is 0 Å². The summed E-state index contributed by atoms with van der Waals surface area (Å²) in [6.07, 6.45) is 4.45. The van der Waals surface area contributed by atoms with Crippen LogP contribution in [0.15, 0.2) is 0 Å². The van der Waals surface area contributed by atoms with Crippen molar-refractivity contribution in [2.45, 2.75) is 71.5 Å². The van der Waals surface area contributed by atoms with Gasteiger partial charge in [0.15, 0.2) is 0 Å². The minimum atomic E-state index is -0.344. The van der Waals surface area contributed by atoms with Crippen LogP contribution in [-0.2, 0) is 9.59 Å². The molecule has 19 heavy (non-hydrogen) atoms. The second kappa shape index (κ2) is 5.51. The lowest BCUT2D eigenvalue weighted by Crippen LogP contribution is -2.67. The van der Waals surface area contributed by atoms with Crippen LogP contribution in [-0.4, -0.2) is 34.8 Å². The van der Waals surface area contributed by atoms with E-state index < -0.39 is 0 Å². The van der Waals surface area contributed by atoms with Gasteiger partial charge >= 0.3 is 0 Å². The number of hydrogen-bond acceptors (Lipinski definition) is 2. The summed E-state index contributed by atoms with van der Waals surface area (Å²) in [7, 11) is 0. The molecule has 0 aromatic carbocycles. The first-order valence-electron chi connectivity index (χ1n) is 7.56. The molecule has 4 nitrogen and oxygen atoms in total. The molecule has 108 valence electrons. The van der Waals surface area contributed by atoms with Crippen molar-refractivity contribution < 1.29 is 9.59 Å². The minimum absolute atomic E-state index is 0.0280. The lowest BCUT2D eigenvalue weighted by atomic mass is 9.91. The highest BCUT2D eigenvalue weighted by Gasteiger charge is 2.46. The number of piperazine rings is 1. The molecule has 0 aromatic rings. The molecule has 2 rings (SSSR count). The number of nitrogens with zero attached hydrogens (tertiary/aromatic N) is 1. The molecule has 4 heteroatoms. The predicted molar refractivity (Wildman–Crippen MR) is 74.5 cm³/mol. The van der Waals surface area contributed by atoms with E-state index in [0.29, 0.717) is 0 Å². The smallest absolute Gasteiger partial charge is 0.246 e. The number of nitrogens with one attached hydrogen (secondary N) is 1. The molecule has 0 aromatic heterocycles. The van der Waals surface area contributed by atoms with Crippen LogP contribution in [0, 0.1) is 11.8 Å².